The Kier molecular flexibility index (Phi) is 2.34. The maximum Gasteiger partial charge on any atom is 0.0477 e. The summed E-state index contributed by atoms with van der Waals surface area (Å²) >= 11 is 0. The smallest absolute Gasteiger partial charge is 0.0477 e. The fraction of sp³-hybridized carbons (Fsp3) is 0.455. The average molecular weight is 176 g/mol. The Morgan fingerprint density at radius 1 is 1.15 bits per heavy atom. The van der Waals surface area contributed by atoms with Gasteiger partial charge in [-0.05, 0) is 25.8 Å². The van der Waals surface area contributed by atoms with Crippen LogP contribution in [0.3, 0.4) is 0 Å². The number of benzene rings is 1. The fourth-order valence-corrected chi connectivity index (χ4v) is 1.73. The molecule has 0 aromatic heterocycles. The average Bonchev–Trinajstić information content (AvgIpc) is 2.53. The lowest BCUT2D eigenvalue weighted by Gasteiger charge is -2.09. The van der Waals surface area contributed by atoms with Crippen molar-refractivity contribution in [3.63, 3.8) is 0 Å². The minimum absolute atomic E-state index is 0.482. The third-order valence-electron chi connectivity index (χ3n) is 2.57. The number of hydrogen-bond donors (Lipinski definition) is 2. The van der Waals surface area contributed by atoms with E-state index >= 15 is 0 Å². The third kappa shape index (κ3) is 1.90. The first-order valence-corrected chi connectivity index (χ1v) is 4.83. The summed E-state index contributed by atoms with van der Waals surface area (Å²) in [4.78, 5) is 0. The Hall–Kier alpha value is -0.860. The molecule has 2 N–H and O–H groups in total. The molecule has 2 unspecified atom stereocenters. The minimum atomic E-state index is 0.482. The molecule has 2 atom stereocenters. The molecule has 1 aromatic carbocycles. The highest BCUT2D eigenvalue weighted by Gasteiger charge is 2.20. The van der Waals surface area contributed by atoms with Gasteiger partial charge >= 0.3 is 0 Å². The van der Waals surface area contributed by atoms with Crippen LogP contribution in [0.25, 0.3) is 0 Å². The quantitative estimate of drug-likeness (QED) is 0.683. The Bertz CT molecular complexity index is 279. The molecule has 0 radical (unpaired) electrons. The van der Waals surface area contributed by atoms with E-state index in [0.717, 1.165) is 0 Å². The van der Waals surface area contributed by atoms with Gasteiger partial charge in [0.15, 0.2) is 0 Å². The van der Waals surface area contributed by atoms with E-state index in [1.807, 2.05) is 0 Å². The van der Waals surface area contributed by atoms with Crippen LogP contribution in [-0.4, -0.2) is 6.04 Å². The highest BCUT2D eigenvalue weighted by atomic mass is 15.4. The third-order valence-corrected chi connectivity index (χ3v) is 2.57. The van der Waals surface area contributed by atoms with Gasteiger partial charge < -0.3 is 0 Å². The SMILES string of the molecule is Cc1ccc(C2CC(C)NN2)cc1. The lowest BCUT2D eigenvalue weighted by Crippen LogP contribution is -2.28. The summed E-state index contributed by atoms with van der Waals surface area (Å²) in [5.41, 5.74) is 9.22. The first-order chi connectivity index (χ1) is 6.25. The largest absolute Gasteiger partial charge is 0.254 e. The van der Waals surface area contributed by atoms with Gasteiger partial charge in [0, 0.05) is 12.1 Å². The summed E-state index contributed by atoms with van der Waals surface area (Å²) in [6, 6.07) is 9.79. The molecule has 2 heteroatoms. The molecule has 1 saturated heterocycles. The van der Waals surface area contributed by atoms with E-state index < -0.39 is 0 Å². The molecule has 1 aliphatic rings. The van der Waals surface area contributed by atoms with Gasteiger partial charge in [0.25, 0.3) is 0 Å². The molecular formula is C11H16N2. The molecule has 2 rings (SSSR count). The molecule has 0 aliphatic carbocycles. The molecule has 1 aromatic rings. The van der Waals surface area contributed by atoms with Crippen LogP contribution in [0.2, 0.25) is 0 Å². The topological polar surface area (TPSA) is 24.1 Å². The Labute approximate surface area is 79.3 Å². The zero-order chi connectivity index (χ0) is 9.26. The van der Waals surface area contributed by atoms with Crippen LogP contribution in [-0.2, 0) is 0 Å². The molecule has 1 aliphatic heterocycles. The van der Waals surface area contributed by atoms with Crippen LogP contribution < -0.4 is 10.9 Å². The standard InChI is InChI=1S/C11H16N2/c1-8-3-5-10(6-4-8)11-7-9(2)12-13-11/h3-6,9,11-13H,7H2,1-2H3. The molecule has 70 valence electrons. The van der Waals surface area contributed by atoms with Gasteiger partial charge in [0.05, 0.1) is 0 Å². The van der Waals surface area contributed by atoms with E-state index in [1.54, 1.807) is 0 Å². The van der Waals surface area contributed by atoms with E-state index in [4.69, 9.17) is 0 Å². The number of nitrogens with one attached hydrogen (secondary N) is 2. The van der Waals surface area contributed by atoms with Crippen LogP contribution >= 0.6 is 0 Å². The number of aryl methyl sites for hydroxylation is 1. The number of hydrazine groups is 1. The Morgan fingerprint density at radius 3 is 2.38 bits per heavy atom. The number of rotatable bonds is 1. The lowest BCUT2D eigenvalue weighted by molar-refractivity contribution is 0.560. The first kappa shape index (κ1) is 8.73. The van der Waals surface area contributed by atoms with Crippen molar-refractivity contribution >= 4 is 0 Å². The lowest BCUT2D eigenvalue weighted by atomic mass is 10.0. The van der Waals surface area contributed by atoms with Crippen LogP contribution in [0.4, 0.5) is 0 Å². The highest BCUT2D eigenvalue weighted by molar-refractivity contribution is 5.24. The zero-order valence-electron chi connectivity index (χ0n) is 8.17. The van der Waals surface area contributed by atoms with Crippen LogP contribution in [0.1, 0.15) is 30.5 Å². The van der Waals surface area contributed by atoms with Crippen molar-refractivity contribution in [2.45, 2.75) is 32.4 Å². The van der Waals surface area contributed by atoms with E-state index in [2.05, 4.69) is 49.0 Å². The van der Waals surface area contributed by atoms with E-state index in [0.29, 0.717) is 12.1 Å². The summed E-state index contributed by atoms with van der Waals surface area (Å²) in [6.45, 7) is 4.31. The van der Waals surface area contributed by atoms with Crippen LogP contribution in [0, 0.1) is 6.92 Å². The first-order valence-electron chi connectivity index (χ1n) is 4.83. The van der Waals surface area contributed by atoms with Crippen molar-refractivity contribution in [3.8, 4) is 0 Å². The molecule has 13 heavy (non-hydrogen) atoms. The highest BCUT2D eigenvalue weighted by Crippen LogP contribution is 2.21. The summed E-state index contributed by atoms with van der Waals surface area (Å²) < 4.78 is 0. The van der Waals surface area contributed by atoms with Crippen LogP contribution in [0.15, 0.2) is 24.3 Å². The van der Waals surface area contributed by atoms with Crippen molar-refractivity contribution in [1.29, 1.82) is 0 Å². The molecule has 2 nitrogen and oxygen atoms in total. The predicted octanol–water partition coefficient (Wildman–Crippen LogP) is 1.92. The van der Waals surface area contributed by atoms with Gasteiger partial charge in [-0.15, -0.1) is 0 Å². The van der Waals surface area contributed by atoms with Crippen molar-refractivity contribution in [1.82, 2.24) is 10.9 Å². The molecule has 1 heterocycles. The van der Waals surface area contributed by atoms with E-state index in [1.165, 1.54) is 17.5 Å². The van der Waals surface area contributed by atoms with Gasteiger partial charge in [0.1, 0.15) is 0 Å². The van der Waals surface area contributed by atoms with Gasteiger partial charge in [-0.25, -0.2) is 0 Å². The fourth-order valence-electron chi connectivity index (χ4n) is 1.73. The molecule has 0 bridgehead atoms. The van der Waals surface area contributed by atoms with E-state index in [9.17, 15) is 0 Å². The summed E-state index contributed by atoms with van der Waals surface area (Å²) in [7, 11) is 0. The van der Waals surface area contributed by atoms with Crippen LogP contribution in [0.5, 0.6) is 0 Å². The van der Waals surface area contributed by atoms with Gasteiger partial charge in [-0.1, -0.05) is 29.8 Å². The second kappa shape index (κ2) is 3.48. The molecule has 0 amide bonds. The maximum atomic E-state index is 3.29. The van der Waals surface area contributed by atoms with Crippen molar-refractivity contribution in [3.05, 3.63) is 35.4 Å². The van der Waals surface area contributed by atoms with Crippen molar-refractivity contribution < 1.29 is 0 Å². The molecule has 0 saturated carbocycles. The molecular weight excluding hydrogens is 160 g/mol. The Morgan fingerprint density at radius 2 is 1.85 bits per heavy atom. The van der Waals surface area contributed by atoms with Crippen molar-refractivity contribution in [2.24, 2.45) is 0 Å². The zero-order valence-corrected chi connectivity index (χ0v) is 8.17. The monoisotopic (exact) mass is 176 g/mol. The maximum absolute atomic E-state index is 3.29. The Balaban J connectivity index is 2.13. The second-order valence-electron chi connectivity index (χ2n) is 3.89. The summed E-state index contributed by atoms with van der Waals surface area (Å²) in [5.74, 6) is 0. The second-order valence-corrected chi connectivity index (χ2v) is 3.89. The predicted molar refractivity (Wildman–Crippen MR) is 54.3 cm³/mol. The van der Waals surface area contributed by atoms with Gasteiger partial charge in [-0.3, -0.25) is 10.9 Å². The molecule has 1 fully saturated rings. The molecule has 0 spiro atoms. The van der Waals surface area contributed by atoms with Gasteiger partial charge in [0.2, 0.25) is 0 Å². The van der Waals surface area contributed by atoms with E-state index in [-0.39, 0.29) is 0 Å². The van der Waals surface area contributed by atoms with Crippen molar-refractivity contribution in [2.75, 3.05) is 0 Å². The normalized spacial score (nSPS) is 27.8. The number of hydrogen-bond acceptors (Lipinski definition) is 2. The minimum Gasteiger partial charge on any atom is -0.254 e. The summed E-state index contributed by atoms with van der Waals surface area (Å²) in [6.07, 6.45) is 1.17. The van der Waals surface area contributed by atoms with Gasteiger partial charge in [-0.2, -0.15) is 0 Å². The summed E-state index contributed by atoms with van der Waals surface area (Å²) in [5, 5.41) is 0.